The van der Waals surface area contributed by atoms with E-state index in [0.29, 0.717) is 23.0 Å². The predicted molar refractivity (Wildman–Crippen MR) is 95.9 cm³/mol. The Morgan fingerprint density at radius 1 is 1.17 bits per heavy atom. The van der Waals surface area contributed by atoms with Crippen LogP contribution < -0.4 is 10.2 Å². The van der Waals surface area contributed by atoms with Crippen molar-refractivity contribution in [1.82, 2.24) is 9.97 Å². The summed E-state index contributed by atoms with van der Waals surface area (Å²) in [5.41, 5.74) is 1.13. The Hall–Kier alpha value is -2.63. The van der Waals surface area contributed by atoms with Gasteiger partial charge in [-0.2, -0.15) is 4.98 Å². The number of anilines is 3. The number of carbonyl (C=O) groups is 1. The van der Waals surface area contributed by atoms with E-state index in [4.69, 9.17) is 4.74 Å². The number of nitrogens with zero attached hydrogens (tertiary/aromatic N) is 3. The molecule has 0 aliphatic rings. The number of hydrogen-bond acceptors (Lipinski definition) is 6. The van der Waals surface area contributed by atoms with Crippen LogP contribution in [0.25, 0.3) is 0 Å². The predicted octanol–water partition coefficient (Wildman–Crippen LogP) is 3.63. The minimum atomic E-state index is -0.383. The third-order valence-electron chi connectivity index (χ3n) is 3.51. The summed E-state index contributed by atoms with van der Waals surface area (Å²) in [6.07, 6.45) is 3.79. The largest absolute Gasteiger partial charge is 0.465 e. The summed E-state index contributed by atoms with van der Waals surface area (Å²) in [4.78, 5) is 23.0. The fourth-order valence-electron chi connectivity index (χ4n) is 2.44. The molecule has 128 valence electrons. The van der Waals surface area contributed by atoms with Crippen molar-refractivity contribution >= 4 is 23.4 Å². The quantitative estimate of drug-likeness (QED) is 0.746. The fraction of sp³-hybridized carbons (Fsp3) is 0.389. The highest BCUT2D eigenvalue weighted by Gasteiger charge is 2.13. The van der Waals surface area contributed by atoms with Crippen molar-refractivity contribution in [2.45, 2.75) is 26.7 Å². The molecule has 0 fully saturated rings. The van der Waals surface area contributed by atoms with Crippen LogP contribution in [0.3, 0.4) is 0 Å². The Bertz CT molecular complexity index is 670. The van der Waals surface area contributed by atoms with Gasteiger partial charge in [0.15, 0.2) is 0 Å². The second-order valence-corrected chi connectivity index (χ2v) is 5.39. The number of aromatic nitrogens is 2. The van der Waals surface area contributed by atoms with Crippen LogP contribution in [-0.4, -0.2) is 36.1 Å². The molecule has 0 radical (unpaired) electrons. The number of methoxy groups -OCH3 is 1. The van der Waals surface area contributed by atoms with E-state index < -0.39 is 0 Å². The smallest absolute Gasteiger partial charge is 0.339 e. The van der Waals surface area contributed by atoms with E-state index in [0.717, 1.165) is 25.9 Å². The monoisotopic (exact) mass is 328 g/mol. The zero-order chi connectivity index (χ0) is 17.4. The molecule has 6 nitrogen and oxygen atoms in total. The van der Waals surface area contributed by atoms with Gasteiger partial charge in [0, 0.05) is 19.3 Å². The molecule has 0 unspecified atom stereocenters. The SMILES string of the molecule is CCCN(CCC)c1nccc(Nc2ccccc2C(=O)OC)n1. The molecule has 1 aromatic carbocycles. The van der Waals surface area contributed by atoms with Crippen molar-refractivity contribution in [3.63, 3.8) is 0 Å². The maximum Gasteiger partial charge on any atom is 0.339 e. The molecule has 24 heavy (non-hydrogen) atoms. The number of carbonyl (C=O) groups excluding carboxylic acids is 1. The van der Waals surface area contributed by atoms with Crippen molar-refractivity contribution in [1.29, 1.82) is 0 Å². The van der Waals surface area contributed by atoms with Gasteiger partial charge in [0.05, 0.1) is 18.4 Å². The summed E-state index contributed by atoms with van der Waals surface area (Å²) in [5, 5.41) is 3.19. The van der Waals surface area contributed by atoms with Crippen molar-refractivity contribution in [3.8, 4) is 0 Å². The molecule has 1 heterocycles. The van der Waals surface area contributed by atoms with Gasteiger partial charge < -0.3 is 15.0 Å². The van der Waals surface area contributed by atoms with Gasteiger partial charge in [-0.25, -0.2) is 9.78 Å². The molecule has 1 N–H and O–H groups in total. The Kier molecular flexibility index (Phi) is 6.54. The zero-order valence-corrected chi connectivity index (χ0v) is 14.5. The highest BCUT2D eigenvalue weighted by Crippen LogP contribution is 2.21. The molecule has 0 bridgehead atoms. The number of hydrogen-bond donors (Lipinski definition) is 1. The summed E-state index contributed by atoms with van der Waals surface area (Å²) >= 11 is 0. The topological polar surface area (TPSA) is 67.4 Å². The van der Waals surface area contributed by atoms with E-state index in [9.17, 15) is 4.79 Å². The lowest BCUT2D eigenvalue weighted by molar-refractivity contribution is 0.0602. The van der Waals surface area contributed by atoms with Gasteiger partial charge in [-0.1, -0.05) is 26.0 Å². The second-order valence-electron chi connectivity index (χ2n) is 5.39. The van der Waals surface area contributed by atoms with E-state index in [1.807, 2.05) is 12.1 Å². The highest BCUT2D eigenvalue weighted by molar-refractivity contribution is 5.96. The van der Waals surface area contributed by atoms with Gasteiger partial charge in [0.25, 0.3) is 0 Å². The Balaban J connectivity index is 2.25. The van der Waals surface area contributed by atoms with Gasteiger partial charge in [-0.05, 0) is 31.0 Å². The van der Waals surface area contributed by atoms with Crippen LogP contribution in [0.2, 0.25) is 0 Å². The first-order chi connectivity index (χ1) is 11.7. The van der Waals surface area contributed by atoms with Crippen LogP contribution in [-0.2, 0) is 4.74 Å². The average molecular weight is 328 g/mol. The van der Waals surface area contributed by atoms with E-state index in [2.05, 4.69) is 34.0 Å². The summed E-state index contributed by atoms with van der Waals surface area (Å²) < 4.78 is 4.82. The lowest BCUT2D eigenvalue weighted by Crippen LogP contribution is -2.27. The number of rotatable bonds is 8. The third-order valence-corrected chi connectivity index (χ3v) is 3.51. The summed E-state index contributed by atoms with van der Waals surface area (Å²) in [7, 11) is 1.37. The molecule has 0 amide bonds. The van der Waals surface area contributed by atoms with E-state index >= 15 is 0 Å². The number of esters is 1. The molecule has 0 spiro atoms. The van der Waals surface area contributed by atoms with Crippen LogP contribution in [0.4, 0.5) is 17.5 Å². The molecular weight excluding hydrogens is 304 g/mol. The molecule has 6 heteroatoms. The number of ether oxygens (including phenoxy) is 1. The standard InChI is InChI=1S/C18H24N4O2/c1-4-12-22(13-5-2)18-19-11-10-16(21-18)20-15-9-7-6-8-14(15)17(23)24-3/h6-11H,4-5,12-13H2,1-3H3,(H,19,20,21). The minimum absolute atomic E-state index is 0.383. The van der Waals surface area contributed by atoms with E-state index in [-0.39, 0.29) is 5.97 Å². The molecule has 0 saturated heterocycles. The van der Waals surface area contributed by atoms with E-state index in [1.165, 1.54) is 7.11 Å². The summed E-state index contributed by atoms with van der Waals surface area (Å²) in [6.45, 7) is 6.10. The summed E-state index contributed by atoms with van der Waals surface area (Å²) in [5.74, 6) is 0.957. The fourth-order valence-corrected chi connectivity index (χ4v) is 2.44. The molecule has 0 atom stereocenters. The molecule has 1 aromatic heterocycles. The minimum Gasteiger partial charge on any atom is -0.465 e. The Morgan fingerprint density at radius 3 is 2.54 bits per heavy atom. The number of para-hydroxylation sites is 1. The number of nitrogens with one attached hydrogen (secondary N) is 1. The molecule has 2 rings (SSSR count). The highest BCUT2D eigenvalue weighted by atomic mass is 16.5. The molecule has 0 aliphatic heterocycles. The van der Waals surface area contributed by atoms with Crippen molar-refractivity contribution in [3.05, 3.63) is 42.1 Å². The van der Waals surface area contributed by atoms with Crippen LogP contribution in [0.5, 0.6) is 0 Å². The lowest BCUT2D eigenvalue weighted by Gasteiger charge is -2.21. The van der Waals surface area contributed by atoms with Crippen molar-refractivity contribution in [2.24, 2.45) is 0 Å². The van der Waals surface area contributed by atoms with Crippen LogP contribution >= 0.6 is 0 Å². The molecule has 0 saturated carbocycles. The lowest BCUT2D eigenvalue weighted by atomic mass is 10.2. The third kappa shape index (κ3) is 4.44. The van der Waals surface area contributed by atoms with Crippen LogP contribution in [0.15, 0.2) is 36.5 Å². The van der Waals surface area contributed by atoms with Crippen molar-refractivity contribution < 1.29 is 9.53 Å². The normalized spacial score (nSPS) is 10.3. The van der Waals surface area contributed by atoms with Gasteiger partial charge >= 0.3 is 5.97 Å². The first kappa shape index (κ1) is 17.7. The summed E-state index contributed by atoms with van der Waals surface area (Å²) in [6, 6.07) is 8.98. The van der Waals surface area contributed by atoms with Crippen molar-refractivity contribution in [2.75, 3.05) is 30.4 Å². The first-order valence-corrected chi connectivity index (χ1v) is 8.22. The first-order valence-electron chi connectivity index (χ1n) is 8.22. The average Bonchev–Trinajstić information content (AvgIpc) is 2.61. The maximum absolute atomic E-state index is 11.9. The molecular formula is C18H24N4O2. The zero-order valence-electron chi connectivity index (χ0n) is 14.5. The molecule has 0 aliphatic carbocycles. The Labute approximate surface area is 142 Å². The number of benzene rings is 1. The van der Waals surface area contributed by atoms with Gasteiger partial charge in [-0.15, -0.1) is 0 Å². The van der Waals surface area contributed by atoms with Crippen LogP contribution in [0.1, 0.15) is 37.0 Å². The van der Waals surface area contributed by atoms with Crippen LogP contribution in [0, 0.1) is 0 Å². The van der Waals surface area contributed by atoms with E-state index in [1.54, 1.807) is 24.4 Å². The Morgan fingerprint density at radius 2 is 1.88 bits per heavy atom. The van der Waals surface area contributed by atoms with Gasteiger partial charge in [-0.3, -0.25) is 0 Å². The maximum atomic E-state index is 11.9. The second kappa shape index (κ2) is 8.86. The van der Waals surface area contributed by atoms with Gasteiger partial charge in [0.1, 0.15) is 5.82 Å². The van der Waals surface area contributed by atoms with Gasteiger partial charge in [0.2, 0.25) is 5.95 Å². The molecule has 2 aromatic rings.